The first kappa shape index (κ1) is 11.3. The largest absolute Gasteiger partial charge is 0.458 e. The number of carbonyl (C=O) groups excluding carboxylic acids is 1. The van der Waals surface area contributed by atoms with Gasteiger partial charge in [0.1, 0.15) is 6.10 Å². The van der Waals surface area contributed by atoms with Crippen molar-refractivity contribution in [3.63, 3.8) is 0 Å². The molecule has 3 aliphatic carbocycles. The summed E-state index contributed by atoms with van der Waals surface area (Å²) in [6, 6.07) is 0. The van der Waals surface area contributed by atoms with E-state index in [1.165, 1.54) is 32.6 Å². The van der Waals surface area contributed by atoms with Crippen LogP contribution in [-0.4, -0.2) is 12.1 Å². The number of carbonyl (C=O) groups is 1. The van der Waals surface area contributed by atoms with Crippen molar-refractivity contribution < 1.29 is 9.53 Å². The molecular formula is C15H22O2. The van der Waals surface area contributed by atoms with Crippen LogP contribution in [0.5, 0.6) is 0 Å². The summed E-state index contributed by atoms with van der Waals surface area (Å²) >= 11 is 0. The smallest absolute Gasteiger partial charge is 0.303 e. The second-order valence-corrected chi connectivity index (χ2v) is 6.51. The van der Waals surface area contributed by atoms with Crippen molar-refractivity contribution in [1.29, 1.82) is 0 Å². The zero-order valence-corrected chi connectivity index (χ0v) is 11.0. The Hall–Kier alpha value is -0.790. The van der Waals surface area contributed by atoms with E-state index < -0.39 is 0 Å². The molecule has 3 aliphatic rings. The number of rotatable bonds is 1. The fourth-order valence-electron chi connectivity index (χ4n) is 4.92. The molecule has 3 rings (SSSR count). The van der Waals surface area contributed by atoms with Gasteiger partial charge in [0.05, 0.1) is 0 Å². The lowest BCUT2D eigenvalue weighted by Crippen LogP contribution is -2.41. The highest BCUT2D eigenvalue weighted by Gasteiger charge is 2.65. The lowest BCUT2D eigenvalue weighted by molar-refractivity contribution is -0.151. The maximum atomic E-state index is 11.2. The van der Waals surface area contributed by atoms with Gasteiger partial charge in [0, 0.05) is 17.8 Å². The van der Waals surface area contributed by atoms with Crippen LogP contribution in [-0.2, 0) is 9.53 Å². The molecule has 0 N–H and O–H groups in total. The van der Waals surface area contributed by atoms with Gasteiger partial charge in [-0.3, -0.25) is 4.79 Å². The number of esters is 1. The molecule has 2 nitrogen and oxygen atoms in total. The van der Waals surface area contributed by atoms with Gasteiger partial charge in [0.15, 0.2) is 0 Å². The number of hydrogen-bond acceptors (Lipinski definition) is 2. The van der Waals surface area contributed by atoms with Gasteiger partial charge in [-0.25, -0.2) is 0 Å². The van der Waals surface area contributed by atoms with E-state index in [1.54, 1.807) is 0 Å². The van der Waals surface area contributed by atoms with Crippen molar-refractivity contribution in [2.24, 2.45) is 22.7 Å². The molecule has 5 atom stereocenters. The Kier molecular flexibility index (Phi) is 2.24. The summed E-state index contributed by atoms with van der Waals surface area (Å²) in [7, 11) is 0. The summed E-state index contributed by atoms with van der Waals surface area (Å²) < 4.78 is 5.54. The van der Waals surface area contributed by atoms with Crippen LogP contribution in [0, 0.1) is 22.7 Å². The Bertz CT molecular complexity index is 386. The van der Waals surface area contributed by atoms with E-state index in [0.717, 1.165) is 11.8 Å². The summed E-state index contributed by atoms with van der Waals surface area (Å²) in [5.41, 5.74) is 0.487. The van der Waals surface area contributed by atoms with Crippen molar-refractivity contribution in [3.05, 3.63) is 12.2 Å². The minimum Gasteiger partial charge on any atom is -0.458 e. The van der Waals surface area contributed by atoms with Crippen molar-refractivity contribution in [2.75, 3.05) is 0 Å². The molecule has 0 radical (unpaired) electrons. The van der Waals surface area contributed by atoms with E-state index in [9.17, 15) is 4.79 Å². The van der Waals surface area contributed by atoms with Crippen LogP contribution in [0.3, 0.4) is 0 Å². The summed E-state index contributed by atoms with van der Waals surface area (Å²) in [6.07, 6.45) is 9.68. The van der Waals surface area contributed by atoms with Crippen LogP contribution < -0.4 is 0 Å². The second-order valence-electron chi connectivity index (χ2n) is 6.51. The molecule has 0 aromatic carbocycles. The molecule has 2 heteroatoms. The molecule has 0 aromatic heterocycles. The predicted molar refractivity (Wildman–Crippen MR) is 66.4 cm³/mol. The Morgan fingerprint density at radius 2 is 2.12 bits per heavy atom. The third-order valence-corrected chi connectivity index (χ3v) is 5.89. The lowest BCUT2D eigenvalue weighted by Gasteiger charge is -2.41. The first-order valence-corrected chi connectivity index (χ1v) is 6.86. The Balaban J connectivity index is 1.94. The van der Waals surface area contributed by atoms with Gasteiger partial charge >= 0.3 is 5.97 Å². The maximum absolute atomic E-state index is 11.2. The van der Waals surface area contributed by atoms with Gasteiger partial charge in [0.25, 0.3) is 0 Å². The van der Waals surface area contributed by atoms with Crippen molar-refractivity contribution in [2.45, 2.75) is 52.6 Å². The first-order chi connectivity index (χ1) is 7.99. The highest BCUT2D eigenvalue weighted by Crippen LogP contribution is 2.70. The molecule has 0 bridgehead atoms. The minimum atomic E-state index is -0.146. The summed E-state index contributed by atoms with van der Waals surface area (Å²) in [5.74, 6) is 1.49. The molecule has 0 saturated heterocycles. The Morgan fingerprint density at radius 1 is 1.35 bits per heavy atom. The summed E-state index contributed by atoms with van der Waals surface area (Å²) in [6.45, 7) is 6.24. The average Bonchev–Trinajstić information content (AvgIpc) is 2.80. The monoisotopic (exact) mass is 234 g/mol. The maximum Gasteiger partial charge on any atom is 0.303 e. The molecule has 17 heavy (non-hydrogen) atoms. The molecule has 1 spiro atoms. The fourth-order valence-corrected chi connectivity index (χ4v) is 4.92. The highest BCUT2D eigenvalue weighted by molar-refractivity contribution is 5.66. The third kappa shape index (κ3) is 1.24. The topological polar surface area (TPSA) is 26.3 Å². The van der Waals surface area contributed by atoms with Gasteiger partial charge in [-0.05, 0) is 43.6 Å². The van der Waals surface area contributed by atoms with E-state index in [-0.39, 0.29) is 17.5 Å². The zero-order valence-electron chi connectivity index (χ0n) is 11.0. The molecule has 0 heterocycles. The van der Waals surface area contributed by atoms with Crippen LogP contribution in [0.4, 0.5) is 0 Å². The van der Waals surface area contributed by atoms with Gasteiger partial charge < -0.3 is 4.74 Å². The van der Waals surface area contributed by atoms with Crippen LogP contribution in [0.25, 0.3) is 0 Å². The molecule has 0 aliphatic heterocycles. The first-order valence-electron chi connectivity index (χ1n) is 6.86. The predicted octanol–water partition coefficient (Wildman–Crippen LogP) is 3.32. The van der Waals surface area contributed by atoms with E-state index in [0.29, 0.717) is 5.41 Å². The molecule has 0 unspecified atom stereocenters. The fraction of sp³-hybridized carbons (Fsp3) is 0.800. The second kappa shape index (κ2) is 3.37. The highest BCUT2D eigenvalue weighted by atomic mass is 16.5. The van der Waals surface area contributed by atoms with Crippen LogP contribution >= 0.6 is 0 Å². The Labute approximate surface area is 103 Å². The molecule has 0 aromatic rings. The van der Waals surface area contributed by atoms with Crippen LogP contribution in [0.2, 0.25) is 0 Å². The van der Waals surface area contributed by atoms with Crippen molar-refractivity contribution >= 4 is 5.97 Å². The van der Waals surface area contributed by atoms with Gasteiger partial charge in [0.2, 0.25) is 0 Å². The molecule has 0 amide bonds. The number of hydrogen-bond donors (Lipinski definition) is 0. The van der Waals surface area contributed by atoms with E-state index in [4.69, 9.17) is 4.74 Å². The average molecular weight is 234 g/mol. The van der Waals surface area contributed by atoms with Crippen molar-refractivity contribution in [3.8, 4) is 0 Å². The van der Waals surface area contributed by atoms with Crippen molar-refractivity contribution in [1.82, 2.24) is 0 Å². The van der Waals surface area contributed by atoms with Gasteiger partial charge in [-0.15, -0.1) is 0 Å². The number of ether oxygens (including phenoxy) is 1. The molecule has 2 saturated carbocycles. The summed E-state index contributed by atoms with van der Waals surface area (Å²) in [5, 5.41) is 0. The summed E-state index contributed by atoms with van der Waals surface area (Å²) in [4.78, 5) is 11.2. The quantitative estimate of drug-likeness (QED) is 0.514. The third-order valence-electron chi connectivity index (χ3n) is 5.89. The van der Waals surface area contributed by atoms with Crippen LogP contribution in [0.15, 0.2) is 12.2 Å². The van der Waals surface area contributed by atoms with E-state index >= 15 is 0 Å². The molecular weight excluding hydrogens is 212 g/mol. The normalized spacial score (nSPS) is 51.4. The molecule has 94 valence electrons. The molecule has 2 fully saturated rings. The van der Waals surface area contributed by atoms with Crippen LogP contribution in [0.1, 0.15) is 46.5 Å². The lowest BCUT2D eigenvalue weighted by atomic mass is 9.65. The van der Waals surface area contributed by atoms with Gasteiger partial charge in [-0.1, -0.05) is 19.9 Å². The van der Waals surface area contributed by atoms with E-state index in [2.05, 4.69) is 26.0 Å². The minimum absolute atomic E-state index is 0.00954. The van der Waals surface area contributed by atoms with E-state index in [1.807, 2.05) is 0 Å². The Morgan fingerprint density at radius 3 is 2.82 bits per heavy atom. The SMILES string of the molecule is CC(=O)O[C@@H]1C=C[C@]23CC[C@@H](C)[C@@H]2CC[C@@]13C. The van der Waals surface area contributed by atoms with Gasteiger partial charge in [-0.2, -0.15) is 0 Å². The standard InChI is InChI=1S/C15H22O2/c1-10-4-8-15-9-6-13(17-11(2)16)14(15,3)7-5-12(10)15/h6,9-10,12-13H,4-5,7-8H2,1-3H3/t10-,12+,13-,14+,15-/m1/s1. The number of allylic oxidation sites excluding steroid dienone is 1. The zero-order chi connectivity index (χ0) is 12.3.